The highest BCUT2D eigenvalue weighted by Gasteiger charge is 2.20. The first-order valence-corrected chi connectivity index (χ1v) is 5.95. The maximum atomic E-state index is 11.1. The summed E-state index contributed by atoms with van der Waals surface area (Å²) < 4.78 is 0. The minimum Gasteiger partial charge on any atom is -0.363 e. The summed E-state index contributed by atoms with van der Waals surface area (Å²) in [7, 11) is 0. The molecule has 1 aliphatic rings. The highest BCUT2D eigenvalue weighted by atomic mass is 16.6. The largest absolute Gasteiger partial charge is 0.363 e. The summed E-state index contributed by atoms with van der Waals surface area (Å²) in [5, 5.41) is 14.3. The van der Waals surface area contributed by atoms with Crippen LogP contribution in [0.2, 0.25) is 0 Å². The Bertz CT molecular complexity index is 414. The first kappa shape index (κ1) is 11.9. The molecule has 0 aromatic heterocycles. The van der Waals surface area contributed by atoms with Crippen molar-refractivity contribution in [1.29, 1.82) is 0 Å². The highest BCUT2D eigenvalue weighted by molar-refractivity contribution is 5.64. The number of piperazine rings is 1. The molecule has 1 aromatic rings. The molecule has 0 bridgehead atoms. The van der Waals surface area contributed by atoms with Crippen LogP contribution in [0, 0.1) is 10.1 Å². The summed E-state index contributed by atoms with van der Waals surface area (Å²) in [6.45, 7) is 5.42. The smallest absolute Gasteiger partial charge is 0.292 e. The standard InChI is InChI=1S/C12H17N3O2/c1-2-10-3-4-11(12(9-10)15(16)17)14-7-5-13-6-8-14/h3-4,9,13H,2,5-8H2,1H3. The summed E-state index contributed by atoms with van der Waals surface area (Å²) in [4.78, 5) is 12.9. The van der Waals surface area contributed by atoms with E-state index < -0.39 is 0 Å². The summed E-state index contributed by atoms with van der Waals surface area (Å²) in [5.41, 5.74) is 1.98. The van der Waals surface area contributed by atoms with E-state index in [4.69, 9.17) is 0 Å². The number of hydrogen-bond acceptors (Lipinski definition) is 4. The molecule has 1 heterocycles. The lowest BCUT2D eigenvalue weighted by Crippen LogP contribution is -2.43. The number of nitro groups is 1. The molecule has 0 atom stereocenters. The van der Waals surface area contributed by atoms with Gasteiger partial charge in [0.15, 0.2) is 0 Å². The van der Waals surface area contributed by atoms with Crippen molar-refractivity contribution in [3.8, 4) is 0 Å². The summed E-state index contributed by atoms with van der Waals surface area (Å²) in [6.07, 6.45) is 0.822. The summed E-state index contributed by atoms with van der Waals surface area (Å²) >= 11 is 0. The van der Waals surface area contributed by atoms with Crippen LogP contribution in [0.5, 0.6) is 0 Å². The third kappa shape index (κ3) is 2.55. The van der Waals surface area contributed by atoms with Gasteiger partial charge in [0.1, 0.15) is 5.69 Å². The molecular formula is C12H17N3O2. The van der Waals surface area contributed by atoms with Gasteiger partial charge in [0, 0.05) is 32.2 Å². The highest BCUT2D eigenvalue weighted by Crippen LogP contribution is 2.29. The Labute approximate surface area is 101 Å². The molecule has 1 saturated heterocycles. The fraction of sp³-hybridized carbons (Fsp3) is 0.500. The van der Waals surface area contributed by atoms with Crippen molar-refractivity contribution < 1.29 is 4.92 Å². The van der Waals surface area contributed by atoms with Crippen LogP contribution in [0.3, 0.4) is 0 Å². The maximum absolute atomic E-state index is 11.1. The Balaban J connectivity index is 2.34. The van der Waals surface area contributed by atoms with Crippen molar-refractivity contribution in [2.75, 3.05) is 31.1 Å². The van der Waals surface area contributed by atoms with Gasteiger partial charge in [-0.1, -0.05) is 13.0 Å². The lowest BCUT2D eigenvalue weighted by Gasteiger charge is -2.29. The number of nitro benzene ring substituents is 1. The second-order valence-corrected chi connectivity index (χ2v) is 4.17. The van der Waals surface area contributed by atoms with Gasteiger partial charge in [-0.15, -0.1) is 0 Å². The minimum atomic E-state index is -0.281. The summed E-state index contributed by atoms with van der Waals surface area (Å²) in [5.74, 6) is 0. The van der Waals surface area contributed by atoms with E-state index in [9.17, 15) is 10.1 Å². The second kappa shape index (κ2) is 5.14. The fourth-order valence-electron chi connectivity index (χ4n) is 2.11. The average molecular weight is 235 g/mol. The van der Waals surface area contributed by atoms with Crippen LogP contribution in [0.1, 0.15) is 12.5 Å². The molecule has 1 aliphatic heterocycles. The zero-order valence-corrected chi connectivity index (χ0v) is 9.98. The SMILES string of the molecule is CCc1ccc(N2CCNCC2)c([N+](=O)[O-])c1. The Morgan fingerprint density at radius 1 is 1.41 bits per heavy atom. The predicted molar refractivity (Wildman–Crippen MR) is 67.6 cm³/mol. The van der Waals surface area contributed by atoms with E-state index in [0.717, 1.165) is 43.9 Å². The third-order valence-corrected chi connectivity index (χ3v) is 3.10. The molecule has 0 saturated carbocycles. The van der Waals surface area contributed by atoms with E-state index >= 15 is 0 Å². The van der Waals surface area contributed by atoms with E-state index in [-0.39, 0.29) is 10.6 Å². The predicted octanol–water partition coefficient (Wildman–Crippen LogP) is 1.57. The van der Waals surface area contributed by atoms with Gasteiger partial charge in [-0.3, -0.25) is 10.1 Å². The van der Waals surface area contributed by atoms with Crippen molar-refractivity contribution in [2.45, 2.75) is 13.3 Å². The van der Waals surface area contributed by atoms with Gasteiger partial charge in [-0.05, 0) is 18.1 Å². The van der Waals surface area contributed by atoms with Gasteiger partial charge in [0.2, 0.25) is 0 Å². The fourth-order valence-corrected chi connectivity index (χ4v) is 2.11. The Morgan fingerprint density at radius 2 is 2.12 bits per heavy atom. The average Bonchev–Trinajstić information content (AvgIpc) is 2.39. The Kier molecular flexibility index (Phi) is 3.58. The topological polar surface area (TPSA) is 58.4 Å². The molecule has 0 unspecified atom stereocenters. The number of hydrogen-bond donors (Lipinski definition) is 1. The van der Waals surface area contributed by atoms with Crippen molar-refractivity contribution in [2.24, 2.45) is 0 Å². The first-order valence-electron chi connectivity index (χ1n) is 5.95. The lowest BCUT2D eigenvalue weighted by atomic mass is 10.1. The van der Waals surface area contributed by atoms with Crippen LogP contribution < -0.4 is 10.2 Å². The van der Waals surface area contributed by atoms with Crippen molar-refractivity contribution in [1.82, 2.24) is 5.32 Å². The number of benzene rings is 1. The molecule has 2 rings (SSSR count). The van der Waals surface area contributed by atoms with Gasteiger partial charge >= 0.3 is 0 Å². The minimum absolute atomic E-state index is 0.228. The van der Waals surface area contributed by atoms with E-state index in [1.165, 1.54) is 0 Å². The van der Waals surface area contributed by atoms with Gasteiger partial charge in [-0.2, -0.15) is 0 Å². The molecule has 0 spiro atoms. The zero-order valence-electron chi connectivity index (χ0n) is 9.98. The van der Waals surface area contributed by atoms with E-state index in [1.54, 1.807) is 6.07 Å². The van der Waals surface area contributed by atoms with Crippen LogP contribution in [0.15, 0.2) is 18.2 Å². The van der Waals surface area contributed by atoms with Gasteiger partial charge in [0.25, 0.3) is 5.69 Å². The van der Waals surface area contributed by atoms with Crippen LogP contribution >= 0.6 is 0 Å². The molecule has 0 amide bonds. The Hall–Kier alpha value is -1.62. The zero-order chi connectivity index (χ0) is 12.3. The van der Waals surface area contributed by atoms with E-state index in [1.807, 2.05) is 19.1 Å². The molecule has 0 aliphatic carbocycles. The van der Waals surface area contributed by atoms with Crippen LogP contribution in [-0.4, -0.2) is 31.1 Å². The number of aryl methyl sites for hydroxylation is 1. The Morgan fingerprint density at radius 3 is 2.71 bits per heavy atom. The van der Waals surface area contributed by atoms with Gasteiger partial charge in [0.05, 0.1) is 4.92 Å². The van der Waals surface area contributed by atoms with Gasteiger partial charge in [-0.25, -0.2) is 0 Å². The van der Waals surface area contributed by atoms with Crippen LogP contribution in [0.4, 0.5) is 11.4 Å². The molecule has 1 aromatic carbocycles. The van der Waals surface area contributed by atoms with E-state index in [0.29, 0.717) is 0 Å². The number of nitrogens with one attached hydrogen (secondary N) is 1. The molecule has 0 radical (unpaired) electrons. The van der Waals surface area contributed by atoms with Crippen molar-refractivity contribution >= 4 is 11.4 Å². The molecule has 5 heteroatoms. The maximum Gasteiger partial charge on any atom is 0.292 e. The molecule has 17 heavy (non-hydrogen) atoms. The van der Waals surface area contributed by atoms with Crippen LogP contribution in [0.25, 0.3) is 0 Å². The quantitative estimate of drug-likeness (QED) is 0.638. The molecule has 5 nitrogen and oxygen atoms in total. The molecular weight excluding hydrogens is 218 g/mol. The third-order valence-electron chi connectivity index (χ3n) is 3.10. The normalized spacial score (nSPS) is 15.9. The monoisotopic (exact) mass is 235 g/mol. The second-order valence-electron chi connectivity index (χ2n) is 4.17. The first-order chi connectivity index (χ1) is 8.22. The van der Waals surface area contributed by atoms with E-state index in [2.05, 4.69) is 10.2 Å². The lowest BCUT2D eigenvalue weighted by molar-refractivity contribution is -0.384. The molecule has 92 valence electrons. The summed E-state index contributed by atoms with van der Waals surface area (Å²) in [6, 6.07) is 5.55. The van der Waals surface area contributed by atoms with Gasteiger partial charge < -0.3 is 10.2 Å². The van der Waals surface area contributed by atoms with Crippen LogP contribution in [-0.2, 0) is 6.42 Å². The van der Waals surface area contributed by atoms with Crippen molar-refractivity contribution in [3.63, 3.8) is 0 Å². The molecule has 1 fully saturated rings. The number of anilines is 1. The number of nitrogens with zero attached hydrogens (tertiary/aromatic N) is 2. The molecule has 1 N–H and O–H groups in total. The van der Waals surface area contributed by atoms with Crippen molar-refractivity contribution in [3.05, 3.63) is 33.9 Å². The number of rotatable bonds is 3.